The Balaban J connectivity index is 0.00000320. The van der Waals surface area contributed by atoms with E-state index in [1.807, 2.05) is 18.2 Å². The fraction of sp³-hybridized carbons (Fsp3) is 0.217. The van der Waals surface area contributed by atoms with Gasteiger partial charge in [-0.2, -0.15) is 0 Å². The van der Waals surface area contributed by atoms with Crippen LogP contribution < -0.4 is 15.2 Å². The van der Waals surface area contributed by atoms with E-state index in [2.05, 4.69) is 42.6 Å². The van der Waals surface area contributed by atoms with Gasteiger partial charge in [0.1, 0.15) is 12.4 Å². The van der Waals surface area contributed by atoms with Gasteiger partial charge in [0.2, 0.25) is 10.0 Å². The topological polar surface area (TPSA) is 81.4 Å². The molecule has 0 saturated heterocycles. The Kier molecular flexibility index (Phi) is 8.87. The quantitative estimate of drug-likeness (QED) is 0.487. The van der Waals surface area contributed by atoms with Crippen LogP contribution in [0.4, 0.5) is 0 Å². The summed E-state index contributed by atoms with van der Waals surface area (Å²) in [6.07, 6.45) is 0.789. The third-order valence-electron chi connectivity index (χ3n) is 4.65. The lowest BCUT2D eigenvalue weighted by molar-refractivity contribution is 0.302. The summed E-state index contributed by atoms with van der Waals surface area (Å²) >= 11 is 0. The fourth-order valence-corrected chi connectivity index (χ4v) is 3.45. The summed E-state index contributed by atoms with van der Waals surface area (Å²) in [6.45, 7) is 4.06. The second-order valence-corrected chi connectivity index (χ2v) is 8.56. The lowest BCUT2D eigenvalue weighted by Gasteiger charge is -2.12. The molecule has 0 saturated carbocycles. The molecule has 0 amide bonds. The van der Waals surface area contributed by atoms with Crippen LogP contribution in [-0.4, -0.2) is 15.0 Å². The molecule has 0 radical (unpaired) electrons. The largest absolute Gasteiger partial charge is 0.489 e. The monoisotopic (exact) mass is 446 g/mol. The molecule has 0 aliphatic heterocycles. The first kappa shape index (κ1) is 23.9. The van der Waals surface area contributed by atoms with Crippen molar-refractivity contribution in [3.05, 3.63) is 95.1 Å². The van der Waals surface area contributed by atoms with Gasteiger partial charge in [-0.1, -0.05) is 60.2 Å². The van der Waals surface area contributed by atoms with Gasteiger partial charge in [-0.05, 0) is 49.2 Å². The van der Waals surface area contributed by atoms with E-state index in [4.69, 9.17) is 9.88 Å². The van der Waals surface area contributed by atoms with Crippen molar-refractivity contribution in [3.8, 4) is 5.75 Å². The van der Waals surface area contributed by atoms with Crippen molar-refractivity contribution < 1.29 is 13.2 Å². The van der Waals surface area contributed by atoms with E-state index >= 15 is 0 Å². The molecule has 160 valence electrons. The third kappa shape index (κ3) is 7.15. The zero-order valence-electron chi connectivity index (χ0n) is 16.9. The van der Waals surface area contributed by atoms with Crippen LogP contribution in [0.25, 0.3) is 0 Å². The molecule has 0 aromatic heterocycles. The number of halogens is 1. The fourth-order valence-electron chi connectivity index (χ4n) is 2.94. The number of aryl methyl sites for hydroxylation is 1. The second kappa shape index (κ2) is 11.1. The van der Waals surface area contributed by atoms with Crippen molar-refractivity contribution in [1.29, 1.82) is 0 Å². The van der Waals surface area contributed by atoms with Crippen LogP contribution in [0.5, 0.6) is 5.75 Å². The van der Waals surface area contributed by atoms with E-state index in [-0.39, 0.29) is 17.3 Å². The Morgan fingerprint density at radius 2 is 1.53 bits per heavy atom. The standard InChI is InChI=1S/C23H26N2O3S.ClH/c1-18-6-8-20(9-7-18)17-28-23-5-3-2-4-21(23)16-25-15-14-19-10-12-22(13-11-19)29(24,26)27;/h2-13,25H,14-17H2,1H3,(H2,24,26,27);1H. The van der Waals surface area contributed by atoms with Crippen molar-refractivity contribution >= 4 is 22.4 Å². The molecule has 0 aliphatic carbocycles. The van der Waals surface area contributed by atoms with Crippen LogP contribution >= 0.6 is 12.4 Å². The molecule has 3 N–H and O–H groups in total. The van der Waals surface area contributed by atoms with E-state index in [1.54, 1.807) is 24.3 Å². The molecule has 0 atom stereocenters. The summed E-state index contributed by atoms with van der Waals surface area (Å²) in [6, 6.07) is 23.0. The lowest BCUT2D eigenvalue weighted by Crippen LogP contribution is -2.17. The molecule has 3 rings (SSSR count). The van der Waals surface area contributed by atoms with Gasteiger partial charge in [-0.3, -0.25) is 0 Å². The number of nitrogens with two attached hydrogens (primary N) is 1. The molecular weight excluding hydrogens is 420 g/mol. The first-order chi connectivity index (χ1) is 13.9. The zero-order valence-corrected chi connectivity index (χ0v) is 18.5. The number of rotatable bonds is 9. The molecule has 3 aromatic carbocycles. The normalized spacial score (nSPS) is 11.0. The maximum Gasteiger partial charge on any atom is 0.238 e. The van der Waals surface area contributed by atoms with E-state index in [9.17, 15) is 8.42 Å². The number of nitrogens with one attached hydrogen (secondary N) is 1. The zero-order chi connectivity index (χ0) is 20.7. The highest BCUT2D eigenvalue weighted by molar-refractivity contribution is 7.89. The highest BCUT2D eigenvalue weighted by Crippen LogP contribution is 2.19. The highest BCUT2D eigenvalue weighted by Gasteiger charge is 2.07. The van der Waals surface area contributed by atoms with Crippen molar-refractivity contribution in [2.24, 2.45) is 5.14 Å². The number of primary sulfonamides is 1. The maximum atomic E-state index is 11.3. The summed E-state index contributed by atoms with van der Waals surface area (Å²) in [5.41, 5.74) is 4.52. The Morgan fingerprint density at radius 1 is 0.900 bits per heavy atom. The average molecular weight is 447 g/mol. The van der Waals surface area contributed by atoms with Crippen LogP contribution in [0.2, 0.25) is 0 Å². The first-order valence-electron chi connectivity index (χ1n) is 9.50. The molecule has 0 fully saturated rings. The summed E-state index contributed by atoms with van der Waals surface area (Å²) in [4.78, 5) is 0.133. The van der Waals surface area contributed by atoms with E-state index in [0.29, 0.717) is 13.2 Å². The number of sulfonamides is 1. The van der Waals surface area contributed by atoms with Gasteiger partial charge >= 0.3 is 0 Å². The lowest BCUT2D eigenvalue weighted by atomic mass is 10.1. The molecule has 5 nitrogen and oxygen atoms in total. The van der Waals surface area contributed by atoms with Crippen molar-refractivity contribution in [1.82, 2.24) is 5.32 Å². The summed E-state index contributed by atoms with van der Waals surface area (Å²) in [5, 5.41) is 8.54. The first-order valence-corrected chi connectivity index (χ1v) is 11.1. The van der Waals surface area contributed by atoms with Gasteiger partial charge in [0.25, 0.3) is 0 Å². The number of ether oxygens (including phenoxy) is 1. The molecular formula is C23H27ClN2O3S. The van der Waals surface area contributed by atoms with Crippen LogP contribution in [0.15, 0.2) is 77.7 Å². The molecule has 0 spiro atoms. The van der Waals surface area contributed by atoms with Crippen molar-refractivity contribution in [2.75, 3.05) is 6.54 Å². The van der Waals surface area contributed by atoms with Gasteiger partial charge in [0.15, 0.2) is 0 Å². The van der Waals surface area contributed by atoms with Crippen molar-refractivity contribution in [3.63, 3.8) is 0 Å². The molecule has 0 bridgehead atoms. The second-order valence-electron chi connectivity index (χ2n) is 7.00. The predicted molar refractivity (Wildman–Crippen MR) is 122 cm³/mol. The Bertz CT molecular complexity index is 1040. The number of hydrogen-bond acceptors (Lipinski definition) is 4. The van der Waals surface area contributed by atoms with Gasteiger partial charge < -0.3 is 10.1 Å². The number of para-hydroxylation sites is 1. The van der Waals surface area contributed by atoms with Gasteiger partial charge in [0.05, 0.1) is 4.90 Å². The Labute approximate surface area is 184 Å². The molecule has 7 heteroatoms. The summed E-state index contributed by atoms with van der Waals surface area (Å²) in [5.74, 6) is 0.873. The van der Waals surface area contributed by atoms with Crippen molar-refractivity contribution in [2.45, 2.75) is 31.4 Å². The minimum atomic E-state index is -3.64. The average Bonchev–Trinajstić information content (AvgIpc) is 2.71. The minimum Gasteiger partial charge on any atom is -0.489 e. The smallest absolute Gasteiger partial charge is 0.238 e. The molecule has 0 aliphatic rings. The SMILES string of the molecule is Cc1ccc(COc2ccccc2CNCCc2ccc(S(N)(=O)=O)cc2)cc1.Cl. The number of hydrogen-bond donors (Lipinski definition) is 2. The summed E-state index contributed by atoms with van der Waals surface area (Å²) < 4.78 is 28.6. The third-order valence-corrected chi connectivity index (χ3v) is 5.57. The van der Waals surface area contributed by atoms with E-state index in [1.165, 1.54) is 5.56 Å². The van der Waals surface area contributed by atoms with Gasteiger partial charge in [-0.25, -0.2) is 13.6 Å². The van der Waals surface area contributed by atoms with E-state index < -0.39 is 10.0 Å². The Hall–Kier alpha value is -2.38. The molecule has 0 heterocycles. The van der Waals surface area contributed by atoms with Crippen LogP contribution in [0, 0.1) is 6.92 Å². The minimum absolute atomic E-state index is 0. The summed E-state index contributed by atoms with van der Waals surface area (Å²) in [7, 11) is -3.64. The molecule has 3 aromatic rings. The predicted octanol–water partition coefficient (Wildman–Crippen LogP) is 3.98. The van der Waals surface area contributed by atoms with Gasteiger partial charge in [0, 0.05) is 12.1 Å². The van der Waals surface area contributed by atoms with Crippen LogP contribution in [-0.2, 0) is 29.6 Å². The maximum absolute atomic E-state index is 11.3. The van der Waals surface area contributed by atoms with E-state index in [0.717, 1.165) is 35.4 Å². The number of benzene rings is 3. The Morgan fingerprint density at radius 3 is 2.20 bits per heavy atom. The van der Waals surface area contributed by atoms with Crippen LogP contribution in [0.1, 0.15) is 22.3 Å². The molecule has 0 unspecified atom stereocenters. The highest BCUT2D eigenvalue weighted by atomic mass is 35.5. The van der Waals surface area contributed by atoms with Crippen LogP contribution in [0.3, 0.4) is 0 Å². The molecule has 30 heavy (non-hydrogen) atoms. The van der Waals surface area contributed by atoms with Gasteiger partial charge in [-0.15, -0.1) is 12.4 Å².